The van der Waals surface area contributed by atoms with Crippen molar-refractivity contribution in [2.75, 3.05) is 11.1 Å². The average molecular weight is 375 g/mol. The SMILES string of the molecule is CCS(=O)(=O)c1c(OC(F)F)ccc(C(=O)Nc2nnc(C)o2)c1C. The van der Waals surface area contributed by atoms with Crippen LogP contribution in [0.1, 0.15) is 28.7 Å². The summed E-state index contributed by atoms with van der Waals surface area (Å²) in [5, 5.41) is 9.45. The molecule has 8 nitrogen and oxygen atoms in total. The van der Waals surface area contributed by atoms with Crippen molar-refractivity contribution in [2.45, 2.75) is 32.3 Å². The first-order valence-electron chi connectivity index (χ1n) is 7.08. The van der Waals surface area contributed by atoms with Gasteiger partial charge in [0.15, 0.2) is 9.84 Å². The zero-order chi connectivity index (χ0) is 18.8. The van der Waals surface area contributed by atoms with Crippen molar-refractivity contribution >= 4 is 21.8 Å². The maximum Gasteiger partial charge on any atom is 0.387 e. The lowest BCUT2D eigenvalue weighted by Gasteiger charge is -2.15. The van der Waals surface area contributed by atoms with E-state index >= 15 is 0 Å². The monoisotopic (exact) mass is 375 g/mol. The minimum atomic E-state index is -3.92. The number of alkyl halides is 2. The van der Waals surface area contributed by atoms with Crippen molar-refractivity contribution in [1.29, 1.82) is 0 Å². The first-order chi connectivity index (χ1) is 11.7. The summed E-state index contributed by atoms with van der Waals surface area (Å²) in [6.45, 7) is 1.01. The number of benzene rings is 1. The van der Waals surface area contributed by atoms with Gasteiger partial charge >= 0.3 is 12.6 Å². The summed E-state index contributed by atoms with van der Waals surface area (Å²) in [5.74, 6) is -1.36. The molecule has 2 aromatic rings. The predicted molar refractivity (Wildman–Crippen MR) is 82.5 cm³/mol. The summed E-state index contributed by atoms with van der Waals surface area (Å²) in [4.78, 5) is 11.9. The third-order valence-corrected chi connectivity index (χ3v) is 5.16. The van der Waals surface area contributed by atoms with Gasteiger partial charge in [-0.25, -0.2) is 8.42 Å². The number of aromatic nitrogens is 2. The van der Waals surface area contributed by atoms with E-state index in [2.05, 4.69) is 20.3 Å². The number of anilines is 1. The highest BCUT2D eigenvalue weighted by Crippen LogP contribution is 2.32. The number of hydrogen-bond donors (Lipinski definition) is 1. The number of rotatable bonds is 6. The number of aryl methyl sites for hydroxylation is 1. The number of sulfone groups is 1. The molecule has 0 atom stereocenters. The molecule has 0 radical (unpaired) electrons. The second-order valence-electron chi connectivity index (χ2n) is 4.93. The van der Waals surface area contributed by atoms with Gasteiger partial charge in [-0.1, -0.05) is 12.0 Å². The van der Waals surface area contributed by atoms with Gasteiger partial charge in [0, 0.05) is 12.5 Å². The van der Waals surface area contributed by atoms with Crippen LogP contribution in [-0.2, 0) is 9.84 Å². The highest BCUT2D eigenvalue weighted by molar-refractivity contribution is 7.91. The smallest absolute Gasteiger partial charge is 0.387 e. The maximum atomic E-state index is 12.5. The molecule has 0 bridgehead atoms. The van der Waals surface area contributed by atoms with Crippen molar-refractivity contribution < 1.29 is 31.1 Å². The molecule has 0 fully saturated rings. The molecule has 0 saturated carbocycles. The lowest BCUT2D eigenvalue weighted by atomic mass is 10.1. The van der Waals surface area contributed by atoms with Crippen LogP contribution in [0.25, 0.3) is 0 Å². The van der Waals surface area contributed by atoms with Crippen LogP contribution < -0.4 is 10.1 Å². The van der Waals surface area contributed by atoms with Gasteiger partial charge in [-0.05, 0) is 24.6 Å². The Bertz CT molecular complexity index is 896. The fourth-order valence-corrected chi connectivity index (χ4v) is 3.43. The number of ether oxygens (including phenoxy) is 1. The average Bonchev–Trinajstić information content (AvgIpc) is 2.91. The molecular formula is C14H15F2N3O5S. The van der Waals surface area contributed by atoms with Crippen LogP contribution in [0.3, 0.4) is 0 Å². The molecule has 1 N–H and O–H groups in total. The van der Waals surface area contributed by atoms with Crippen molar-refractivity contribution in [1.82, 2.24) is 10.2 Å². The standard InChI is InChI=1S/C14H15F2N3O5S/c1-4-25(21,22)11-7(2)9(5-6-10(11)24-13(15)16)12(20)17-14-19-18-8(3)23-14/h5-6,13H,4H2,1-3H3,(H,17,19,20). The highest BCUT2D eigenvalue weighted by atomic mass is 32.2. The first kappa shape index (κ1) is 18.8. The Labute approximate surface area is 142 Å². The Hall–Kier alpha value is -2.56. The van der Waals surface area contributed by atoms with Gasteiger partial charge in [-0.3, -0.25) is 10.1 Å². The molecule has 0 saturated heterocycles. The Morgan fingerprint density at radius 2 is 2.00 bits per heavy atom. The molecule has 2 rings (SSSR count). The van der Waals surface area contributed by atoms with Crippen LogP contribution >= 0.6 is 0 Å². The van der Waals surface area contributed by atoms with E-state index in [-0.39, 0.29) is 28.8 Å². The van der Waals surface area contributed by atoms with Gasteiger partial charge in [0.25, 0.3) is 5.91 Å². The minimum Gasteiger partial charge on any atom is -0.433 e. The molecule has 1 aromatic carbocycles. The summed E-state index contributed by atoms with van der Waals surface area (Å²) in [7, 11) is -3.92. The molecule has 25 heavy (non-hydrogen) atoms. The zero-order valence-electron chi connectivity index (χ0n) is 13.5. The zero-order valence-corrected chi connectivity index (χ0v) is 14.4. The van der Waals surface area contributed by atoms with E-state index in [0.717, 1.165) is 6.07 Å². The van der Waals surface area contributed by atoms with Gasteiger partial charge in [-0.15, -0.1) is 5.10 Å². The molecule has 1 heterocycles. The molecule has 0 aliphatic rings. The Morgan fingerprint density at radius 3 is 2.52 bits per heavy atom. The van der Waals surface area contributed by atoms with E-state index in [4.69, 9.17) is 4.42 Å². The number of halogens is 2. The highest BCUT2D eigenvalue weighted by Gasteiger charge is 2.26. The molecule has 136 valence electrons. The molecular weight excluding hydrogens is 360 g/mol. The summed E-state index contributed by atoms with van der Waals surface area (Å²) in [5.41, 5.74) is -0.0711. The van der Waals surface area contributed by atoms with Crippen molar-refractivity contribution in [3.05, 3.63) is 29.2 Å². The fraction of sp³-hybridized carbons (Fsp3) is 0.357. The molecule has 11 heteroatoms. The van der Waals surface area contributed by atoms with E-state index in [1.807, 2.05) is 0 Å². The summed E-state index contributed by atoms with van der Waals surface area (Å²) < 4.78 is 58.9. The third kappa shape index (κ3) is 4.10. The molecule has 0 aliphatic heterocycles. The van der Waals surface area contributed by atoms with Crippen LogP contribution in [0.5, 0.6) is 5.75 Å². The van der Waals surface area contributed by atoms with Crippen LogP contribution in [0.15, 0.2) is 21.4 Å². The van der Waals surface area contributed by atoms with Crippen LogP contribution in [0, 0.1) is 13.8 Å². The van der Waals surface area contributed by atoms with Gasteiger partial charge < -0.3 is 9.15 Å². The van der Waals surface area contributed by atoms with Gasteiger partial charge in [-0.2, -0.15) is 8.78 Å². The largest absolute Gasteiger partial charge is 0.433 e. The normalized spacial score (nSPS) is 11.6. The second-order valence-corrected chi connectivity index (χ2v) is 7.14. The summed E-state index contributed by atoms with van der Waals surface area (Å²) >= 11 is 0. The third-order valence-electron chi connectivity index (χ3n) is 3.27. The number of hydrogen-bond acceptors (Lipinski definition) is 7. The molecule has 0 unspecified atom stereocenters. The Morgan fingerprint density at radius 1 is 1.32 bits per heavy atom. The number of nitrogens with one attached hydrogen (secondary N) is 1. The van der Waals surface area contributed by atoms with Gasteiger partial charge in [0.1, 0.15) is 10.6 Å². The van der Waals surface area contributed by atoms with Crippen molar-refractivity contribution in [3.63, 3.8) is 0 Å². The first-order valence-corrected chi connectivity index (χ1v) is 8.73. The van der Waals surface area contributed by atoms with E-state index in [1.54, 1.807) is 0 Å². The number of nitrogens with zero attached hydrogens (tertiary/aromatic N) is 2. The van der Waals surface area contributed by atoms with E-state index in [1.165, 1.54) is 26.8 Å². The minimum absolute atomic E-state index is 0.0197. The maximum absolute atomic E-state index is 12.5. The Kier molecular flexibility index (Phi) is 5.36. The van der Waals surface area contributed by atoms with Crippen LogP contribution in [0.4, 0.5) is 14.8 Å². The fourth-order valence-electron chi connectivity index (χ4n) is 2.14. The molecule has 1 aromatic heterocycles. The number of carbonyl (C=O) groups excluding carboxylic acids is 1. The lowest BCUT2D eigenvalue weighted by Crippen LogP contribution is -2.18. The number of carbonyl (C=O) groups is 1. The van der Waals surface area contributed by atoms with Gasteiger partial charge in [0.2, 0.25) is 5.89 Å². The molecule has 0 spiro atoms. The van der Waals surface area contributed by atoms with Crippen molar-refractivity contribution in [2.24, 2.45) is 0 Å². The second kappa shape index (κ2) is 7.13. The lowest BCUT2D eigenvalue weighted by molar-refractivity contribution is -0.0517. The Balaban J connectivity index is 2.49. The van der Waals surface area contributed by atoms with E-state index < -0.39 is 33.0 Å². The quantitative estimate of drug-likeness (QED) is 0.825. The predicted octanol–water partition coefficient (Wildman–Crippen LogP) is 2.33. The molecule has 1 amide bonds. The summed E-state index contributed by atoms with van der Waals surface area (Å²) in [6.07, 6.45) is 0. The van der Waals surface area contributed by atoms with Crippen LogP contribution in [0.2, 0.25) is 0 Å². The summed E-state index contributed by atoms with van der Waals surface area (Å²) in [6, 6.07) is 2.02. The number of amides is 1. The van der Waals surface area contributed by atoms with Crippen LogP contribution in [-0.4, -0.2) is 36.9 Å². The topological polar surface area (TPSA) is 111 Å². The van der Waals surface area contributed by atoms with E-state index in [9.17, 15) is 22.0 Å². The van der Waals surface area contributed by atoms with Crippen molar-refractivity contribution in [3.8, 4) is 5.75 Å². The van der Waals surface area contributed by atoms with E-state index in [0.29, 0.717) is 0 Å². The van der Waals surface area contributed by atoms with Gasteiger partial charge in [0.05, 0.1) is 5.75 Å². The molecule has 0 aliphatic carbocycles.